The first-order chi connectivity index (χ1) is 12.1. The first kappa shape index (κ1) is 17.0. The van der Waals surface area contributed by atoms with E-state index in [-0.39, 0.29) is 13.1 Å². The van der Waals surface area contributed by atoms with E-state index in [1.54, 1.807) is 17.3 Å². The van der Waals surface area contributed by atoms with Crippen LogP contribution in [0.3, 0.4) is 0 Å². The number of rotatable bonds is 4. The molecule has 0 saturated carbocycles. The Balaban J connectivity index is 1.60. The normalized spacial score (nSPS) is 17.9. The number of hydrogen-bond acceptors (Lipinski definition) is 6. The van der Waals surface area contributed by atoms with Crippen LogP contribution in [0, 0.1) is 0 Å². The minimum atomic E-state index is -1.04. The van der Waals surface area contributed by atoms with Crippen LogP contribution >= 0.6 is 0 Å². The minimum Gasteiger partial charge on any atom is -0.486 e. The molecule has 8 heteroatoms. The lowest BCUT2D eigenvalue weighted by molar-refractivity contribution is 0.110. The zero-order chi connectivity index (χ0) is 17.6. The van der Waals surface area contributed by atoms with Crippen molar-refractivity contribution in [1.29, 1.82) is 0 Å². The molecule has 1 aromatic heterocycles. The topological polar surface area (TPSA) is 99.0 Å². The van der Waals surface area contributed by atoms with Crippen LogP contribution in [0.15, 0.2) is 42.7 Å². The Morgan fingerprint density at radius 1 is 1.16 bits per heavy atom. The highest BCUT2D eigenvalue weighted by atomic mass is 16.5. The lowest BCUT2D eigenvalue weighted by Crippen LogP contribution is -2.36. The molecule has 25 heavy (non-hydrogen) atoms. The van der Waals surface area contributed by atoms with Crippen LogP contribution in [-0.4, -0.2) is 63.5 Å². The van der Waals surface area contributed by atoms with Gasteiger partial charge in [0, 0.05) is 19.6 Å². The molecule has 1 aliphatic heterocycles. The lowest BCUT2D eigenvalue weighted by atomic mass is 10.2. The summed E-state index contributed by atoms with van der Waals surface area (Å²) >= 11 is 0. The summed E-state index contributed by atoms with van der Waals surface area (Å²) in [6, 6.07) is 9.79. The third kappa shape index (κ3) is 4.57. The van der Waals surface area contributed by atoms with Gasteiger partial charge in [-0.05, 0) is 5.56 Å². The fourth-order valence-electron chi connectivity index (χ4n) is 2.63. The van der Waals surface area contributed by atoms with Crippen molar-refractivity contribution in [3.8, 4) is 5.75 Å². The molecule has 1 saturated heterocycles. The van der Waals surface area contributed by atoms with Gasteiger partial charge < -0.3 is 24.7 Å². The number of nitrogens with zero attached hydrogens (tertiary/aromatic N) is 4. The van der Waals surface area contributed by atoms with E-state index in [1.807, 2.05) is 30.3 Å². The van der Waals surface area contributed by atoms with Gasteiger partial charge in [0.25, 0.3) is 0 Å². The maximum absolute atomic E-state index is 11.1. The van der Waals surface area contributed by atoms with Gasteiger partial charge in [-0.25, -0.2) is 14.8 Å². The monoisotopic (exact) mass is 344 g/mol. The number of β-amino-alcohol motifs (C(OH)–C–C–N with tert-alkyl or cyclic N) is 1. The summed E-state index contributed by atoms with van der Waals surface area (Å²) in [5.41, 5.74) is 1.05. The van der Waals surface area contributed by atoms with E-state index in [4.69, 9.17) is 9.84 Å². The molecule has 0 bridgehead atoms. The molecule has 8 nitrogen and oxygen atoms in total. The van der Waals surface area contributed by atoms with Gasteiger partial charge in [-0.1, -0.05) is 30.3 Å². The molecule has 2 aromatic rings. The van der Waals surface area contributed by atoms with Crippen LogP contribution in [0.5, 0.6) is 5.75 Å². The molecule has 1 amide bonds. The van der Waals surface area contributed by atoms with E-state index in [2.05, 4.69) is 9.97 Å². The molecule has 0 radical (unpaired) electrons. The van der Waals surface area contributed by atoms with Crippen molar-refractivity contribution in [3.05, 3.63) is 48.3 Å². The molecular weight excluding hydrogens is 324 g/mol. The average Bonchev–Trinajstić information content (AvgIpc) is 2.83. The number of aliphatic hydroxyl groups is 1. The van der Waals surface area contributed by atoms with Crippen molar-refractivity contribution >= 4 is 12.0 Å². The summed E-state index contributed by atoms with van der Waals surface area (Å²) < 4.78 is 5.65. The zero-order valence-electron chi connectivity index (χ0n) is 13.7. The number of carbonyl (C=O) groups is 1. The fourth-order valence-corrected chi connectivity index (χ4v) is 2.63. The fraction of sp³-hybridized carbons (Fsp3) is 0.353. The molecule has 1 aliphatic rings. The quantitative estimate of drug-likeness (QED) is 0.860. The first-order valence-electron chi connectivity index (χ1n) is 8.01. The molecule has 1 aromatic carbocycles. The Morgan fingerprint density at radius 2 is 1.88 bits per heavy atom. The maximum atomic E-state index is 11.1. The number of benzene rings is 1. The Kier molecular flexibility index (Phi) is 5.30. The molecule has 1 fully saturated rings. The number of aliphatic hydroxyl groups excluding tert-OH is 1. The molecule has 1 atom stereocenters. The SMILES string of the molecule is O=C(O)N1CCN(c2ncc(OCc3ccccc3)cn2)CC(O)C1. The van der Waals surface area contributed by atoms with Crippen LogP contribution in [0.4, 0.5) is 10.7 Å². The Labute approximate surface area is 145 Å². The highest BCUT2D eigenvalue weighted by Crippen LogP contribution is 2.16. The number of anilines is 1. The number of hydrogen-bond donors (Lipinski definition) is 2. The predicted octanol–water partition coefficient (Wildman–Crippen LogP) is 1.22. The molecule has 132 valence electrons. The smallest absolute Gasteiger partial charge is 0.407 e. The van der Waals surface area contributed by atoms with Crippen LogP contribution in [0.25, 0.3) is 0 Å². The number of amides is 1. The van der Waals surface area contributed by atoms with Gasteiger partial charge in [-0.2, -0.15) is 0 Å². The predicted molar refractivity (Wildman–Crippen MR) is 90.6 cm³/mol. The van der Waals surface area contributed by atoms with Crippen molar-refractivity contribution in [2.24, 2.45) is 0 Å². The lowest BCUT2D eigenvalue weighted by Gasteiger charge is -2.21. The van der Waals surface area contributed by atoms with E-state index in [0.717, 1.165) is 5.56 Å². The number of ether oxygens (including phenoxy) is 1. The van der Waals surface area contributed by atoms with Gasteiger partial charge in [-0.3, -0.25) is 0 Å². The van der Waals surface area contributed by atoms with Crippen molar-refractivity contribution in [1.82, 2.24) is 14.9 Å². The Morgan fingerprint density at radius 3 is 2.56 bits per heavy atom. The highest BCUT2D eigenvalue weighted by molar-refractivity contribution is 5.65. The van der Waals surface area contributed by atoms with Crippen molar-refractivity contribution in [2.75, 3.05) is 31.1 Å². The van der Waals surface area contributed by atoms with E-state index in [9.17, 15) is 9.90 Å². The summed E-state index contributed by atoms with van der Waals surface area (Å²) in [5, 5.41) is 19.1. The molecule has 3 rings (SSSR count). The van der Waals surface area contributed by atoms with Crippen LogP contribution in [0.2, 0.25) is 0 Å². The van der Waals surface area contributed by atoms with Gasteiger partial charge in [0.2, 0.25) is 5.95 Å². The maximum Gasteiger partial charge on any atom is 0.407 e. The van der Waals surface area contributed by atoms with Crippen LogP contribution in [-0.2, 0) is 6.61 Å². The third-order valence-corrected chi connectivity index (χ3v) is 3.92. The third-order valence-electron chi connectivity index (χ3n) is 3.92. The van der Waals surface area contributed by atoms with E-state index in [1.165, 1.54) is 4.90 Å². The summed E-state index contributed by atoms with van der Waals surface area (Å²) in [5.74, 6) is 0.994. The molecular formula is C17H20N4O4. The second-order valence-electron chi connectivity index (χ2n) is 5.82. The zero-order valence-corrected chi connectivity index (χ0v) is 13.7. The standard InChI is InChI=1S/C17H20N4O4/c22-14-10-20(6-7-21(11-14)17(23)24)16-18-8-15(9-19-16)25-12-13-4-2-1-3-5-13/h1-5,8-9,14,22H,6-7,10-12H2,(H,23,24). The highest BCUT2D eigenvalue weighted by Gasteiger charge is 2.25. The van der Waals surface area contributed by atoms with Gasteiger partial charge in [0.05, 0.1) is 25.0 Å². The first-order valence-corrected chi connectivity index (χ1v) is 8.01. The van der Waals surface area contributed by atoms with Gasteiger partial charge in [0.15, 0.2) is 5.75 Å². The van der Waals surface area contributed by atoms with Crippen molar-refractivity contribution in [3.63, 3.8) is 0 Å². The summed E-state index contributed by atoms with van der Waals surface area (Å²) in [7, 11) is 0. The number of aromatic nitrogens is 2. The molecule has 0 aliphatic carbocycles. The molecule has 0 spiro atoms. The summed E-state index contributed by atoms with van der Waals surface area (Å²) in [6.45, 7) is 1.52. The largest absolute Gasteiger partial charge is 0.486 e. The summed E-state index contributed by atoms with van der Waals surface area (Å²) in [6.07, 6.45) is 1.34. The second kappa shape index (κ2) is 7.80. The average molecular weight is 344 g/mol. The Hall–Kier alpha value is -2.87. The second-order valence-corrected chi connectivity index (χ2v) is 5.82. The van der Waals surface area contributed by atoms with E-state index >= 15 is 0 Å². The van der Waals surface area contributed by atoms with Crippen molar-refractivity contribution < 1.29 is 19.7 Å². The Bertz CT molecular complexity index is 696. The van der Waals surface area contributed by atoms with Crippen LogP contribution in [0.1, 0.15) is 5.56 Å². The number of carboxylic acid groups (broad SMARTS) is 1. The van der Waals surface area contributed by atoms with E-state index < -0.39 is 12.2 Å². The summed E-state index contributed by atoms with van der Waals surface area (Å²) in [4.78, 5) is 22.6. The molecule has 1 unspecified atom stereocenters. The van der Waals surface area contributed by atoms with E-state index in [0.29, 0.717) is 31.4 Å². The molecule has 2 heterocycles. The van der Waals surface area contributed by atoms with Gasteiger partial charge in [0.1, 0.15) is 6.61 Å². The van der Waals surface area contributed by atoms with Gasteiger partial charge >= 0.3 is 6.09 Å². The van der Waals surface area contributed by atoms with Crippen molar-refractivity contribution in [2.45, 2.75) is 12.7 Å². The van der Waals surface area contributed by atoms with Crippen LogP contribution < -0.4 is 9.64 Å². The minimum absolute atomic E-state index is 0.0874. The van der Waals surface area contributed by atoms with Gasteiger partial charge in [-0.15, -0.1) is 0 Å². The molecule has 2 N–H and O–H groups in total.